The summed E-state index contributed by atoms with van der Waals surface area (Å²) in [6.07, 6.45) is 4.20. The summed E-state index contributed by atoms with van der Waals surface area (Å²) in [6, 6.07) is 8.64. The van der Waals surface area contributed by atoms with Crippen LogP contribution >= 0.6 is 0 Å². The van der Waals surface area contributed by atoms with E-state index < -0.39 is 0 Å². The van der Waals surface area contributed by atoms with Crippen molar-refractivity contribution in [3.05, 3.63) is 24.3 Å². The van der Waals surface area contributed by atoms with Crippen LogP contribution in [0.5, 0.6) is 0 Å². The third-order valence-electron chi connectivity index (χ3n) is 2.84. The Kier molecular flexibility index (Phi) is 6.15. The highest BCUT2D eigenvalue weighted by atomic mass is 14.9. The Balaban J connectivity index is 2.45. The fraction of sp³-hybridized carbons (Fsp3) is 0.500. The van der Waals surface area contributed by atoms with Gasteiger partial charge in [0.25, 0.3) is 0 Å². The molecule has 0 radical (unpaired) electrons. The molecule has 0 aliphatic carbocycles. The summed E-state index contributed by atoms with van der Waals surface area (Å²) in [5.74, 6) is 0. The molecule has 0 atom stereocenters. The minimum atomic E-state index is 0.469. The van der Waals surface area contributed by atoms with Crippen molar-refractivity contribution in [3.8, 4) is 0 Å². The summed E-state index contributed by atoms with van der Waals surface area (Å²) < 4.78 is 0. The molecule has 0 aliphatic rings. The second kappa shape index (κ2) is 7.71. The molecule has 0 spiro atoms. The van der Waals surface area contributed by atoms with Gasteiger partial charge in [0.1, 0.15) is 0 Å². The van der Waals surface area contributed by atoms with Gasteiger partial charge in [0, 0.05) is 25.8 Å². The van der Waals surface area contributed by atoms with Crippen molar-refractivity contribution >= 4 is 17.6 Å². The molecule has 3 heteroatoms. The first-order valence-electron chi connectivity index (χ1n) is 6.34. The van der Waals surface area contributed by atoms with Gasteiger partial charge in [0.2, 0.25) is 0 Å². The molecule has 0 aliphatic heterocycles. The van der Waals surface area contributed by atoms with Gasteiger partial charge in [-0.2, -0.15) is 0 Å². The highest BCUT2D eigenvalue weighted by Gasteiger charge is 1.98. The molecule has 2 N–H and O–H groups in total. The van der Waals surface area contributed by atoms with E-state index in [1.165, 1.54) is 0 Å². The Morgan fingerprint density at radius 2 is 1.82 bits per heavy atom. The number of aliphatic imine (C=N–C) groups is 1. The summed E-state index contributed by atoms with van der Waals surface area (Å²) >= 11 is 0. The van der Waals surface area contributed by atoms with Crippen molar-refractivity contribution in [1.29, 1.82) is 0 Å². The van der Waals surface area contributed by atoms with Crippen molar-refractivity contribution in [1.82, 2.24) is 0 Å². The summed E-state index contributed by atoms with van der Waals surface area (Å²) in [6.45, 7) is 5.12. The standard InChI is InChI=1S/C14H23N3/c1-4-12(5-2)16-10-11-17-14-9-7-6-8-13(14)15-3/h6-10,12,15,17H,4-5,11H2,1-3H3. The molecule has 0 aromatic heterocycles. The van der Waals surface area contributed by atoms with Gasteiger partial charge in [0.05, 0.1) is 11.4 Å². The van der Waals surface area contributed by atoms with E-state index in [1.807, 2.05) is 25.4 Å². The number of hydrogen-bond donors (Lipinski definition) is 2. The van der Waals surface area contributed by atoms with E-state index in [-0.39, 0.29) is 0 Å². The smallest absolute Gasteiger partial charge is 0.0578 e. The number of nitrogens with zero attached hydrogens (tertiary/aromatic N) is 1. The first kappa shape index (κ1) is 13.6. The molecule has 0 bridgehead atoms. The number of rotatable bonds is 7. The number of anilines is 2. The van der Waals surface area contributed by atoms with E-state index in [2.05, 4.69) is 41.6 Å². The molecule has 1 rings (SSSR count). The summed E-state index contributed by atoms with van der Waals surface area (Å²) in [5, 5.41) is 6.52. The van der Waals surface area contributed by atoms with Crippen molar-refractivity contribution in [2.45, 2.75) is 32.7 Å². The first-order chi connectivity index (χ1) is 8.31. The molecule has 1 aromatic carbocycles. The van der Waals surface area contributed by atoms with E-state index in [1.54, 1.807) is 0 Å². The molecule has 0 heterocycles. The van der Waals surface area contributed by atoms with Crippen LogP contribution < -0.4 is 10.6 Å². The van der Waals surface area contributed by atoms with Gasteiger partial charge in [-0.15, -0.1) is 0 Å². The van der Waals surface area contributed by atoms with E-state index >= 15 is 0 Å². The van der Waals surface area contributed by atoms with E-state index in [4.69, 9.17) is 0 Å². The molecular weight excluding hydrogens is 210 g/mol. The molecule has 0 fully saturated rings. The molecular formula is C14H23N3. The predicted molar refractivity (Wildman–Crippen MR) is 77.3 cm³/mol. The quantitative estimate of drug-likeness (QED) is 0.708. The van der Waals surface area contributed by atoms with Gasteiger partial charge in [0.15, 0.2) is 0 Å². The van der Waals surface area contributed by atoms with Crippen LogP contribution in [0.2, 0.25) is 0 Å². The fourth-order valence-corrected chi connectivity index (χ4v) is 1.71. The van der Waals surface area contributed by atoms with Gasteiger partial charge in [-0.25, -0.2) is 0 Å². The Labute approximate surface area is 104 Å². The van der Waals surface area contributed by atoms with Crippen LogP contribution in [0.1, 0.15) is 26.7 Å². The summed E-state index contributed by atoms with van der Waals surface area (Å²) in [7, 11) is 1.93. The minimum Gasteiger partial charge on any atom is -0.386 e. The number of para-hydroxylation sites is 2. The van der Waals surface area contributed by atoms with Crippen molar-refractivity contribution in [3.63, 3.8) is 0 Å². The second-order valence-corrected chi connectivity index (χ2v) is 3.98. The molecule has 17 heavy (non-hydrogen) atoms. The Hall–Kier alpha value is -1.51. The average Bonchev–Trinajstić information content (AvgIpc) is 2.39. The zero-order valence-electron chi connectivity index (χ0n) is 11.0. The van der Waals surface area contributed by atoms with Gasteiger partial charge in [-0.3, -0.25) is 4.99 Å². The SMILES string of the molecule is CCC(CC)N=CCNc1ccccc1NC. The largest absolute Gasteiger partial charge is 0.386 e. The lowest BCUT2D eigenvalue weighted by Crippen LogP contribution is -2.08. The maximum absolute atomic E-state index is 4.52. The van der Waals surface area contributed by atoms with E-state index in [9.17, 15) is 0 Å². The Morgan fingerprint density at radius 3 is 2.41 bits per heavy atom. The molecule has 3 nitrogen and oxygen atoms in total. The highest BCUT2D eigenvalue weighted by molar-refractivity contribution is 5.72. The van der Waals surface area contributed by atoms with Crippen molar-refractivity contribution < 1.29 is 0 Å². The Morgan fingerprint density at radius 1 is 1.18 bits per heavy atom. The lowest BCUT2D eigenvalue weighted by Gasteiger charge is -2.10. The normalized spacial score (nSPS) is 11.1. The van der Waals surface area contributed by atoms with Crippen LogP contribution in [0.25, 0.3) is 0 Å². The molecule has 1 aromatic rings. The molecule has 0 amide bonds. The minimum absolute atomic E-state index is 0.469. The van der Waals surface area contributed by atoms with Crippen LogP contribution in [0.15, 0.2) is 29.3 Å². The van der Waals surface area contributed by atoms with Gasteiger partial charge in [-0.05, 0) is 25.0 Å². The second-order valence-electron chi connectivity index (χ2n) is 3.98. The number of nitrogens with one attached hydrogen (secondary N) is 2. The zero-order chi connectivity index (χ0) is 12.5. The zero-order valence-corrected chi connectivity index (χ0v) is 11.0. The molecule has 0 saturated carbocycles. The predicted octanol–water partition coefficient (Wildman–Crippen LogP) is 3.40. The van der Waals surface area contributed by atoms with E-state index in [0.717, 1.165) is 30.8 Å². The van der Waals surface area contributed by atoms with Crippen LogP contribution in [0.4, 0.5) is 11.4 Å². The lowest BCUT2D eigenvalue weighted by molar-refractivity contribution is 0.633. The third-order valence-corrected chi connectivity index (χ3v) is 2.84. The van der Waals surface area contributed by atoms with Crippen LogP contribution in [0, 0.1) is 0 Å². The van der Waals surface area contributed by atoms with Gasteiger partial charge >= 0.3 is 0 Å². The van der Waals surface area contributed by atoms with Crippen molar-refractivity contribution in [2.75, 3.05) is 24.2 Å². The lowest BCUT2D eigenvalue weighted by atomic mass is 10.2. The monoisotopic (exact) mass is 233 g/mol. The number of hydrogen-bond acceptors (Lipinski definition) is 3. The third kappa shape index (κ3) is 4.47. The topological polar surface area (TPSA) is 36.4 Å². The maximum atomic E-state index is 4.52. The van der Waals surface area contributed by atoms with Gasteiger partial charge in [-0.1, -0.05) is 26.0 Å². The molecule has 0 saturated heterocycles. The maximum Gasteiger partial charge on any atom is 0.0578 e. The summed E-state index contributed by atoms with van der Waals surface area (Å²) in [5.41, 5.74) is 2.23. The average molecular weight is 233 g/mol. The van der Waals surface area contributed by atoms with Crippen LogP contribution in [-0.2, 0) is 0 Å². The van der Waals surface area contributed by atoms with Gasteiger partial charge < -0.3 is 10.6 Å². The Bertz CT molecular complexity index is 343. The molecule has 94 valence electrons. The summed E-state index contributed by atoms with van der Waals surface area (Å²) in [4.78, 5) is 4.52. The van der Waals surface area contributed by atoms with Crippen LogP contribution in [-0.4, -0.2) is 25.8 Å². The highest BCUT2D eigenvalue weighted by Crippen LogP contribution is 2.19. The van der Waals surface area contributed by atoms with E-state index in [0.29, 0.717) is 6.04 Å². The first-order valence-corrected chi connectivity index (χ1v) is 6.34. The molecule has 0 unspecified atom stereocenters. The fourth-order valence-electron chi connectivity index (χ4n) is 1.71. The van der Waals surface area contributed by atoms with Crippen LogP contribution in [0.3, 0.4) is 0 Å². The number of benzene rings is 1. The van der Waals surface area contributed by atoms with Crippen molar-refractivity contribution in [2.24, 2.45) is 4.99 Å².